The first-order chi connectivity index (χ1) is 7.54. The molecule has 0 fully saturated rings. The Balaban J connectivity index is 2.17. The number of hydrogen-bond donors (Lipinski definition) is 0. The SMILES string of the molecule is FC(F)(F)Oc1ccc(-c2cc[c]s2)cc1. The van der Waals surface area contributed by atoms with Gasteiger partial charge in [0.15, 0.2) is 0 Å². The normalized spacial score (nSPS) is 11.4. The zero-order valence-electron chi connectivity index (χ0n) is 7.91. The second-order valence-corrected chi connectivity index (χ2v) is 3.87. The van der Waals surface area contributed by atoms with E-state index in [0.29, 0.717) is 0 Å². The summed E-state index contributed by atoms with van der Waals surface area (Å²) in [6.45, 7) is 0. The summed E-state index contributed by atoms with van der Waals surface area (Å²) in [6, 6.07) is 9.37. The number of ether oxygens (including phenoxy) is 1. The Kier molecular flexibility index (Phi) is 2.87. The Hall–Kier alpha value is -1.49. The molecule has 1 aromatic heterocycles. The topological polar surface area (TPSA) is 9.23 Å². The van der Waals surface area contributed by atoms with E-state index in [-0.39, 0.29) is 5.75 Å². The molecule has 0 aliphatic carbocycles. The number of benzene rings is 1. The van der Waals surface area contributed by atoms with E-state index in [9.17, 15) is 13.2 Å². The van der Waals surface area contributed by atoms with E-state index >= 15 is 0 Å². The van der Waals surface area contributed by atoms with E-state index in [1.165, 1.54) is 23.5 Å². The first-order valence-corrected chi connectivity index (χ1v) is 5.18. The van der Waals surface area contributed by atoms with Crippen LogP contribution in [-0.4, -0.2) is 6.36 Å². The predicted octanol–water partition coefficient (Wildman–Crippen LogP) is 4.11. The minimum atomic E-state index is -4.64. The van der Waals surface area contributed by atoms with Crippen LogP contribution in [0.25, 0.3) is 10.4 Å². The molecule has 0 aliphatic rings. The largest absolute Gasteiger partial charge is 0.573 e. The molecule has 0 bridgehead atoms. The lowest BCUT2D eigenvalue weighted by atomic mass is 10.2. The molecule has 83 valence electrons. The summed E-state index contributed by atoms with van der Waals surface area (Å²) in [5.41, 5.74) is 0.848. The van der Waals surface area contributed by atoms with Gasteiger partial charge in [-0.15, -0.1) is 24.5 Å². The number of rotatable bonds is 2. The molecular formula is C11H6F3OS. The third-order valence-corrected chi connectivity index (χ3v) is 2.69. The average Bonchev–Trinajstić information content (AvgIpc) is 2.69. The zero-order valence-corrected chi connectivity index (χ0v) is 8.73. The van der Waals surface area contributed by atoms with Crippen molar-refractivity contribution in [2.45, 2.75) is 6.36 Å². The molecule has 0 saturated heterocycles. The summed E-state index contributed by atoms with van der Waals surface area (Å²) < 4.78 is 39.4. The quantitative estimate of drug-likeness (QED) is 0.771. The lowest BCUT2D eigenvalue weighted by Crippen LogP contribution is -2.16. The maximum atomic E-state index is 11.9. The molecule has 1 nitrogen and oxygen atoms in total. The molecule has 5 heteroatoms. The summed E-state index contributed by atoms with van der Waals surface area (Å²) in [4.78, 5) is 0.957. The van der Waals surface area contributed by atoms with Gasteiger partial charge in [0.2, 0.25) is 0 Å². The van der Waals surface area contributed by atoms with E-state index in [2.05, 4.69) is 10.1 Å². The molecule has 1 heterocycles. The van der Waals surface area contributed by atoms with Crippen molar-refractivity contribution in [3.05, 3.63) is 41.8 Å². The summed E-state index contributed by atoms with van der Waals surface area (Å²) in [5.74, 6) is -0.211. The zero-order chi connectivity index (χ0) is 11.6. The lowest BCUT2D eigenvalue weighted by molar-refractivity contribution is -0.274. The monoisotopic (exact) mass is 243 g/mol. The molecule has 1 aromatic carbocycles. The van der Waals surface area contributed by atoms with Gasteiger partial charge in [-0.3, -0.25) is 0 Å². The van der Waals surface area contributed by atoms with Crippen molar-refractivity contribution in [2.24, 2.45) is 0 Å². The molecule has 0 amide bonds. The molecule has 0 unspecified atom stereocenters. The van der Waals surface area contributed by atoms with Crippen LogP contribution in [0, 0.1) is 5.38 Å². The second-order valence-electron chi connectivity index (χ2n) is 2.99. The third-order valence-electron chi connectivity index (χ3n) is 1.84. The second kappa shape index (κ2) is 4.17. The van der Waals surface area contributed by atoms with Crippen LogP contribution in [0.1, 0.15) is 0 Å². The van der Waals surface area contributed by atoms with E-state index in [1.807, 2.05) is 6.07 Å². The highest BCUT2D eigenvalue weighted by molar-refractivity contribution is 7.13. The minimum Gasteiger partial charge on any atom is -0.406 e. The van der Waals surface area contributed by atoms with Gasteiger partial charge in [0.05, 0.1) is 0 Å². The summed E-state index contributed by atoms with van der Waals surface area (Å²) in [7, 11) is 0. The first-order valence-electron chi connectivity index (χ1n) is 4.37. The van der Waals surface area contributed by atoms with Crippen LogP contribution in [0.4, 0.5) is 13.2 Å². The van der Waals surface area contributed by atoms with E-state index in [0.717, 1.165) is 10.4 Å². The maximum Gasteiger partial charge on any atom is 0.573 e. The third kappa shape index (κ3) is 2.76. The molecule has 2 rings (SSSR count). The van der Waals surface area contributed by atoms with Gasteiger partial charge in [0.25, 0.3) is 0 Å². The molecule has 0 saturated carbocycles. The Morgan fingerprint density at radius 2 is 1.75 bits per heavy atom. The van der Waals surface area contributed by atoms with Crippen LogP contribution in [0.15, 0.2) is 36.4 Å². The van der Waals surface area contributed by atoms with E-state index in [1.54, 1.807) is 18.2 Å². The summed E-state index contributed by atoms with van der Waals surface area (Å²) in [5, 5.41) is 2.91. The molecular weight excluding hydrogens is 237 g/mol. The van der Waals surface area contributed by atoms with Crippen LogP contribution in [0.5, 0.6) is 5.75 Å². The fourth-order valence-electron chi connectivity index (χ4n) is 1.22. The van der Waals surface area contributed by atoms with Gasteiger partial charge in [0, 0.05) is 10.3 Å². The van der Waals surface area contributed by atoms with Crippen LogP contribution in [-0.2, 0) is 0 Å². The van der Waals surface area contributed by atoms with Crippen molar-refractivity contribution in [2.75, 3.05) is 0 Å². The predicted molar refractivity (Wildman–Crippen MR) is 55.3 cm³/mol. The smallest absolute Gasteiger partial charge is 0.406 e. The Labute approximate surface area is 94.1 Å². The van der Waals surface area contributed by atoms with Gasteiger partial charge >= 0.3 is 6.36 Å². The standard InChI is InChI=1S/C11H6F3OS/c12-11(13,14)15-9-5-3-8(4-6-9)10-2-1-7-16-10/h1-6H. The molecule has 0 atom stereocenters. The van der Waals surface area contributed by atoms with Crippen molar-refractivity contribution >= 4 is 11.3 Å². The fourth-order valence-corrected chi connectivity index (χ4v) is 1.87. The van der Waals surface area contributed by atoms with Crippen molar-refractivity contribution in [1.82, 2.24) is 0 Å². The van der Waals surface area contributed by atoms with Crippen LogP contribution < -0.4 is 4.74 Å². The van der Waals surface area contributed by atoms with Crippen molar-refractivity contribution in [3.8, 4) is 16.2 Å². The van der Waals surface area contributed by atoms with Gasteiger partial charge in [0.1, 0.15) is 5.75 Å². The van der Waals surface area contributed by atoms with Gasteiger partial charge < -0.3 is 4.74 Å². The summed E-state index contributed by atoms with van der Waals surface area (Å²) in [6.07, 6.45) is -4.64. The molecule has 0 spiro atoms. The van der Waals surface area contributed by atoms with Crippen LogP contribution >= 0.6 is 11.3 Å². The molecule has 0 N–H and O–H groups in total. The lowest BCUT2D eigenvalue weighted by Gasteiger charge is -2.08. The Bertz CT molecular complexity index is 445. The Morgan fingerprint density at radius 3 is 2.25 bits per heavy atom. The average molecular weight is 243 g/mol. The van der Waals surface area contributed by atoms with Gasteiger partial charge in [-0.1, -0.05) is 0 Å². The number of thiophene rings is 1. The summed E-state index contributed by atoms with van der Waals surface area (Å²) >= 11 is 1.41. The number of alkyl halides is 3. The van der Waals surface area contributed by atoms with E-state index < -0.39 is 6.36 Å². The first kappa shape index (κ1) is 11.0. The molecule has 16 heavy (non-hydrogen) atoms. The molecule has 1 radical (unpaired) electrons. The maximum absolute atomic E-state index is 11.9. The number of hydrogen-bond acceptors (Lipinski definition) is 2. The minimum absolute atomic E-state index is 0.211. The number of halogens is 3. The van der Waals surface area contributed by atoms with Gasteiger partial charge in [-0.25, -0.2) is 0 Å². The Morgan fingerprint density at radius 1 is 1.06 bits per heavy atom. The van der Waals surface area contributed by atoms with Crippen LogP contribution in [0.2, 0.25) is 0 Å². The van der Waals surface area contributed by atoms with E-state index in [4.69, 9.17) is 0 Å². The van der Waals surface area contributed by atoms with Crippen molar-refractivity contribution in [1.29, 1.82) is 0 Å². The molecule has 2 aromatic rings. The highest BCUT2D eigenvalue weighted by atomic mass is 32.1. The van der Waals surface area contributed by atoms with Crippen molar-refractivity contribution < 1.29 is 17.9 Å². The molecule has 0 aliphatic heterocycles. The highest BCUT2D eigenvalue weighted by Crippen LogP contribution is 2.28. The fraction of sp³-hybridized carbons (Fsp3) is 0.0909. The van der Waals surface area contributed by atoms with Crippen LogP contribution in [0.3, 0.4) is 0 Å². The van der Waals surface area contributed by atoms with Crippen molar-refractivity contribution in [3.63, 3.8) is 0 Å². The highest BCUT2D eigenvalue weighted by Gasteiger charge is 2.30. The van der Waals surface area contributed by atoms with Gasteiger partial charge in [-0.2, -0.15) is 0 Å². The van der Waals surface area contributed by atoms with Gasteiger partial charge in [-0.05, 0) is 42.0 Å².